The molecule has 0 aliphatic rings. The highest BCUT2D eigenvalue weighted by Crippen LogP contribution is 2.24. The van der Waals surface area contributed by atoms with Crippen LogP contribution in [0.5, 0.6) is 0 Å². The monoisotopic (exact) mass is 192 g/mol. The molecule has 2 nitrogen and oxygen atoms in total. The van der Waals surface area contributed by atoms with E-state index in [4.69, 9.17) is 11.5 Å². The SMILES string of the molecule is CCCCC(N)c1cccc(C)c1N. The Labute approximate surface area is 86.3 Å². The van der Waals surface area contributed by atoms with Crippen LogP contribution in [-0.2, 0) is 0 Å². The van der Waals surface area contributed by atoms with Crippen LogP contribution in [0.1, 0.15) is 43.4 Å². The molecule has 0 saturated heterocycles. The minimum atomic E-state index is 0.0925. The molecule has 0 bridgehead atoms. The molecule has 0 spiro atoms. The molecule has 0 fully saturated rings. The Morgan fingerprint density at radius 3 is 2.71 bits per heavy atom. The fourth-order valence-electron chi connectivity index (χ4n) is 1.61. The Morgan fingerprint density at radius 2 is 2.07 bits per heavy atom. The van der Waals surface area contributed by atoms with Gasteiger partial charge in [-0.1, -0.05) is 38.0 Å². The van der Waals surface area contributed by atoms with Gasteiger partial charge < -0.3 is 11.5 Å². The summed E-state index contributed by atoms with van der Waals surface area (Å²) >= 11 is 0. The molecule has 1 atom stereocenters. The number of nitrogens with two attached hydrogens (primary N) is 2. The molecule has 1 unspecified atom stereocenters. The predicted octanol–water partition coefficient (Wildman–Crippen LogP) is 2.77. The topological polar surface area (TPSA) is 52.0 Å². The van der Waals surface area contributed by atoms with Crippen molar-refractivity contribution in [3.63, 3.8) is 0 Å². The van der Waals surface area contributed by atoms with Crippen molar-refractivity contribution in [2.75, 3.05) is 5.73 Å². The first-order chi connectivity index (χ1) is 6.66. The van der Waals surface area contributed by atoms with Crippen molar-refractivity contribution < 1.29 is 0 Å². The Bertz CT molecular complexity index is 294. The summed E-state index contributed by atoms with van der Waals surface area (Å²) in [4.78, 5) is 0. The quantitative estimate of drug-likeness (QED) is 0.721. The number of unbranched alkanes of at least 4 members (excludes halogenated alkanes) is 1. The number of hydrogen-bond acceptors (Lipinski definition) is 2. The van der Waals surface area contributed by atoms with Crippen LogP contribution in [0.15, 0.2) is 18.2 Å². The standard InChI is InChI=1S/C12H20N2/c1-3-4-8-11(13)10-7-5-6-9(2)12(10)14/h5-7,11H,3-4,8,13-14H2,1-2H3. The highest BCUT2D eigenvalue weighted by molar-refractivity contribution is 5.54. The van der Waals surface area contributed by atoms with E-state index in [0.29, 0.717) is 0 Å². The molecule has 0 radical (unpaired) electrons. The normalized spacial score (nSPS) is 12.8. The predicted molar refractivity (Wildman–Crippen MR) is 62.0 cm³/mol. The van der Waals surface area contributed by atoms with Gasteiger partial charge in [-0.05, 0) is 24.5 Å². The number of para-hydroxylation sites is 1. The summed E-state index contributed by atoms with van der Waals surface area (Å²) in [6, 6.07) is 6.16. The molecule has 78 valence electrons. The molecule has 0 aromatic heterocycles. The fourth-order valence-corrected chi connectivity index (χ4v) is 1.61. The van der Waals surface area contributed by atoms with Gasteiger partial charge in [-0.2, -0.15) is 0 Å². The second kappa shape index (κ2) is 5.01. The molecule has 0 saturated carbocycles. The number of rotatable bonds is 4. The summed E-state index contributed by atoms with van der Waals surface area (Å²) in [6.07, 6.45) is 3.36. The molecule has 1 aromatic carbocycles. The maximum Gasteiger partial charge on any atom is 0.0392 e. The van der Waals surface area contributed by atoms with Crippen LogP contribution in [0.4, 0.5) is 5.69 Å². The van der Waals surface area contributed by atoms with Crippen LogP contribution in [0.3, 0.4) is 0 Å². The van der Waals surface area contributed by atoms with Crippen molar-refractivity contribution in [2.24, 2.45) is 5.73 Å². The van der Waals surface area contributed by atoms with Crippen molar-refractivity contribution in [1.29, 1.82) is 0 Å². The molecule has 1 aromatic rings. The molecule has 0 aliphatic carbocycles. The average Bonchev–Trinajstić information content (AvgIpc) is 2.18. The molecule has 2 heteroatoms. The number of nitrogen functional groups attached to an aromatic ring is 1. The van der Waals surface area contributed by atoms with Crippen molar-refractivity contribution in [1.82, 2.24) is 0 Å². The maximum absolute atomic E-state index is 6.07. The van der Waals surface area contributed by atoms with Gasteiger partial charge in [-0.3, -0.25) is 0 Å². The molecule has 14 heavy (non-hydrogen) atoms. The number of benzene rings is 1. The summed E-state index contributed by atoms with van der Waals surface area (Å²) in [6.45, 7) is 4.19. The zero-order chi connectivity index (χ0) is 10.6. The van der Waals surface area contributed by atoms with E-state index < -0.39 is 0 Å². The number of hydrogen-bond donors (Lipinski definition) is 2. The highest BCUT2D eigenvalue weighted by atomic mass is 14.7. The van der Waals surface area contributed by atoms with E-state index in [-0.39, 0.29) is 6.04 Å². The largest absolute Gasteiger partial charge is 0.398 e. The lowest BCUT2D eigenvalue weighted by Gasteiger charge is -2.15. The van der Waals surface area contributed by atoms with Crippen LogP contribution in [-0.4, -0.2) is 0 Å². The van der Waals surface area contributed by atoms with E-state index >= 15 is 0 Å². The van der Waals surface area contributed by atoms with E-state index in [0.717, 1.165) is 29.7 Å². The Hall–Kier alpha value is -1.02. The van der Waals surface area contributed by atoms with Gasteiger partial charge in [-0.15, -0.1) is 0 Å². The molecule has 0 heterocycles. The lowest BCUT2D eigenvalue weighted by atomic mass is 9.98. The summed E-state index contributed by atoms with van der Waals surface area (Å²) in [5, 5.41) is 0. The van der Waals surface area contributed by atoms with Crippen molar-refractivity contribution >= 4 is 5.69 Å². The van der Waals surface area contributed by atoms with Crippen LogP contribution in [0.2, 0.25) is 0 Å². The van der Waals surface area contributed by atoms with Gasteiger partial charge in [0.15, 0.2) is 0 Å². The number of anilines is 1. The third kappa shape index (κ3) is 2.48. The second-order valence-corrected chi connectivity index (χ2v) is 3.83. The number of aryl methyl sites for hydroxylation is 1. The average molecular weight is 192 g/mol. The first-order valence-corrected chi connectivity index (χ1v) is 5.27. The maximum atomic E-state index is 6.07. The van der Waals surface area contributed by atoms with Crippen LogP contribution in [0, 0.1) is 6.92 Å². The van der Waals surface area contributed by atoms with E-state index in [9.17, 15) is 0 Å². The van der Waals surface area contributed by atoms with Crippen molar-refractivity contribution in [3.8, 4) is 0 Å². The van der Waals surface area contributed by atoms with Gasteiger partial charge in [0.25, 0.3) is 0 Å². The van der Waals surface area contributed by atoms with Crippen LogP contribution < -0.4 is 11.5 Å². The van der Waals surface area contributed by atoms with Crippen LogP contribution >= 0.6 is 0 Å². The van der Waals surface area contributed by atoms with Crippen molar-refractivity contribution in [2.45, 2.75) is 39.2 Å². The van der Waals surface area contributed by atoms with Gasteiger partial charge in [-0.25, -0.2) is 0 Å². The molecule has 1 rings (SSSR count). The molecular formula is C12H20N2. The Kier molecular flexibility index (Phi) is 3.96. The molecule has 0 aliphatic heterocycles. The zero-order valence-corrected chi connectivity index (χ0v) is 9.09. The minimum Gasteiger partial charge on any atom is -0.398 e. The lowest BCUT2D eigenvalue weighted by Crippen LogP contribution is -2.12. The van der Waals surface area contributed by atoms with E-state index in [2.05, 4.69) is 6.92 Å². The third-order valence-corrected chi connectivity index (χ3v) is 2.63. The van der Waals surface area contributed by atoms with Gasteiger partial charge >= 0.3 is 0 Å². The summed E-state index contributed by atoms with van der Waals surface area (Å²) in [5.41, 5.74) is 15.1. The summed E-state index contributed by atoms with van der Waals surface area (Å²) in [7, 11) is 0. The third-order valence-electron chi connectivity index (χ3n) is 2.63. The first kappa shape index (κ1) is 11.1. The Morgan fingerprint density at radius 1 is 1.36 bits per heavy atom. The second-order valence-electron chi connectivity index (χ2n) is 3.83. The van der Waals surface area contributed by atoms with Gasteiger partial charge in [0.05, 0.1) is 0 Å². The Balaban J connectivity index is 2.79. The van der Waals surface area contributed by atoms with E-state index in [1.807, 2.05) is 25.1 Å². The zero-order valence-electron chi connectivity index (χ0n) is 9.09. The first-order valence-electron chi connectivity index (χ1n) is 5.27. The smallest absolute Gasteiger partial charge is 0.0392 e. The van der Waals surface area contributed by atoms with Crippen molar-refractivity contribution in [3.05, 3.63) is 29.3 Å². The van der Waals surface area contributed by atoms with E-state index in [1.54, 1.807) is 0 Å². The molecule has 4 N–H and O–H groups in total. The van der Waals surface area contributed by atoms with Gasteiger partial charge in [0, 0.05) is 11.7 Å². The minimum absolute atomic E-state index is 0.0925. The van der Waals surface area contributed by atoms with E-state index in [1.165, 1.54) is 6.42 Å². The lowest BCUT2D eigenvalue weighted by molar-refractivity contribution is 0.604. The fraction of sp³-hybridized carbons (Fsp3) is 0.500. The van der Waals surface area contributed by atoms with Gasteiger partial charge in [0.2, 0.25) is 0 Å². The summed E-state index contributed by atoms with van der Waals surface area (Å²) in [5.74, 6) is 0. The molecule has 0 amide bonds. The summed E-state index contributed by atoms with van der Waals surface area (Å²) < 4.78 is 0. The van der Waals surface area contributed by atoms with Crippen LogP contribution in [0.25, 0.3) is 0 Å². The van der Waals surface area contributed by atoms with Gasteiger partial charge in [0.1, 0.15) is 0 Å². The molecular weight excluding hydrogens is 172 g/mol. The highest BCUT2D eigenvalue weighted by Gasteiger charge is 2.09.